The first-order chi connectivity index (χ1) is 22.3. The second-order valence-corrected chi connectivity index (χ2v) is 16.9. The quantitative estimate of drug-likeness (QED) is 0.0603. The monoisotopic (exact) mass is 648 g/mol. The Labute approximate surface area is 295 Å². The highest BCUT2D eigenvalue weighted by Crippen LogP contribution is 2.34. The predicted octanol–water partition coefficient (Wildman–Crippen LogP) is 16.6. The standard InChI is InChI=1S/C45H93N/c1-8-11-14-17-20-23-24-25-26-27-28-31-34-37-40-43-46(44(4,5)41-38-35-32-29-21-18-15-12-9-2)45(6,7)42-39-36-33-30-22-19-16-13-10-3/h8-43H2,1-7H3. The van der Waals surface area contributed by atoms with Gasteiger partial charge in [0.2, 0.25) is 0 Å². The molecule has 0 bridgehead atoms. The van der Waals surface area contributed by atoms with Gasteiger partial charge in [-0.2, -0.15) is 0 Å². The topological polar surface area (TPSA) is 3.24 Å². The molecule has 46 heavy (non-hydrogen) atoms. The van der Waals surface area contributed by atoms with Crippen molar-refractivity contribution in [3.8, 4) is 0 Å². The molecule has 0 atom stereocenters. The minimum atomic E-state index is 0.305. The van der Waals surface area contributed by atoms with Crippen LogP contribution in [-0.4, -0.2) is 22.5 Å². The SMILES string of the molecule is CCCCCCCCCCCCCCCCCN(C(C)(C)CCCCCCCCCCC)C(C)(C)CCCCCCCCCCC. The van der Waals surface area contributed by atoms with Gasteiger partial charge in [0.1, 0.15) is 0 Å². The maximum absolute atomic E-state index is 2.98. The Morgan fingerprint density at radius 2 is 0.457 bits per heavy atom. The van der Waals surface area contributed by atoms with E-state index in [1.807, 2.05) is 0 Å². The Morgan fingerprint density at radius 3 is 0.696 bits per heavy atom. The van der Waals surface area contributed by atoms with Gasteiger partial charge in [0.15, 0.2) is 0 Å². The molecule has 278 valence electrons. The number of hydrogen-bond donors (Lipinski definition) is 0. The van der Waals surface area contributed by atoms with Gasteiger partial charge in [-0.25, -0.2) is 0 Å². The van der Waals surface area contributed by atoms with E-state index in [1.54, 1.807) is 0 Å². The highest BCUT2D eigenvalue weighted by Gasteiger charge is 2.36. The van der Waals surface area contributed by atoms with Crippen LogP contribution in [0.4, 0.5) is 0 Å². The van der Waals surface area contributed by atoms with Crippen LogP contribution in [0.3, 0.4) is 0 Å². The van der Waals surface area contributed by atoms with E-state index in [4.69, 9.17) is 0 Å². The van der Waals surface area contributed by atoms with E-state index < -0.39 is 0 Å². The van der Waals surface area contributed by atoms with Crippen molar-refractivity contribution >= 4 is 0 Å². The maximum atomic E-state index is 2.98. The molecule has 0 N–H and O–H groups in total. The summed E-state index contributed by atoms with van der Waals surface area (Å²) in [6, 6.07) is 0. The number of rotatable bonds is 38. The molecule has 0 aromatic carbocycles. The normalized spacial score (nSPS) is 12.5. The van der Waals surface area contributed by atoms with Crippen LogP contribution in [0.2, 0.25) is 0 Å². The summed E-state index contributed by atoms with van der Waals surface area (Å²) in [7, 11) is 0. The van der Waals surface area contributed by atoms with Gasteiger partial charge in [-0.05, 0) is 53.5 Å². The molecule has 0 unspecified atom stereocenters. The average molecular weight is 648 g/mol. The Morgan fingerprint density at radius 1 is 0.261 bits per heavy atom. The average Bonchev–Trinajstić information content (AvgIpc) is 3.02. The summed E-state index contributed by atoms with van der Waals surface area (Å²) in [5, 5.41) is 0. The highest BCUT2D eigenvalue weighted by atomic mass is 15.2. The Balaban J connectivity index is 4.47. The van der Waals surface area contributed by atoms with E-state index in [9.17, 15) is 0 Å². The second kappa shape index (κ2) is 33.5. The van der Waals surface area contributed by atoms with Crippen molar-refractivity contribution in [2.75, 3.05) is 6.54 Å². The summed E-state index contributed by atoms with van der Waals surface area (Å²) in [6.07, 6.45) is 50.3. The lowest BCUT2D eigenvalue weighted by Gasteiger charge is -2.49. The Bertz CT molecular complexity index is 544. The number of hydrogen-bond acceptors (Lipinski definition) is 1. The van der Waals surface area contributed by atoms with E-state index in [0.717, 1.165) is 0 Å². The zero-order chi connectivity index (χ0) is 34.0. The fraction of sp³-hybridized carbons (Fsp3) is 1.00. The van der Waals surface area contributed by atoms with Crippen LogP contribution in [-0.2, 0) is 0 Å². The van der Waals surface area contributed by atoms with Gasteiger partial charge < -0.3 is 0 Å². The van der Waals surface area contributed by atoms with Crippen molar-refractivity contribution in [3.05, 3.63) is 0 Å². The van der Waals surface area contributed by atoms with Gasteiger partial charge in [-0.1, -0.05) is 226 Å². The largest absolute Gasteiger partial charge is 0.293 e. The summed E-state index contributed by atoms with van der Waals surface area (Å²) in [6.45, 7) is 18.6. The maximum Gasteiger partial charge on any atom is 0.0158 e. The lowest BCUT2D eigenvalue weighted by molar-refractivity contribution is 0.00151. The molecule has 0 aromatic heterocycles. The molecule has 0 aliphatic rings. The van der Waals surface area contributed by atoms with E-state index in [2.05, 4.69) is 53.4 Å². The van der Waals surface area contributed by atoms with Crippen LogP contribution in [0, 0.1) is 0 Å². The van der Waals surface area contributed by atoms with Crippen LogP contribution in [0.5, 0.6) is 0 Å². The first kappa shape index (κ1) is 46.0. The molecule has 0 aliphatic heterocycles. The molecule has 1 nitrogen and oxygen atoms in total. The Hall–Kier alpha value is -0.0400. The minimum Gasteiger partial charge on any atom is -0.293 e. The van der Waals surface area contributed by atoms with Gasteiger partial charge in [0.05, 0.1) is 0 Å². The molecule has 0 saturated heterocycles. The third-order valence-corrected chi connectivity index (χ3v) is 11.2. The van der Waals surface area contributed by atoms with Crippen molar-refractivity contribution < 1.29 is 0 Å². The highest BCUT2D eigenvalue weighted by molar-refractivity contribution is 4.92. The van der Waals surface area contributed by atoms with E-state index in [-0.39, 0.29) is 0 Å². The summed E-state index contributed by atoms with van der Waals surface area (Å²) in [4.78, 5) is 2.98. The summed E-state index contributed by atoms with van der Waals surface area (Å²) in [5.41, 5.74) is 0.611. The van der Waals surface area contributed by atoms with Crippen molar-refractivity contribution in [1.29, 1.82) is 0 Å². The molecular weight excluding hydrogens is 555 g/mol. The molecule has 0 saturated carbocycles. The zero-order valence-electron chi connectivity index (χ0n) is 33.9. The smallest absolute Gasteiger partial charge is 0.0158 e. The fourth-order valence-corrected chi connectivity index (χ4v) is 8.07. The van der Waals surface area contributed by atoms with Gasteiger partial charge in [-0.3, -0.25) is 4.90 Å². The molecule has 0 rings (SSSR count). The molecule has 0 aliphatic carbocycles. The number of nitrogens with zero attached hydrogens (tertiary/aromatic N) is 1. The van der Waals surface area contributed by atoms with Crippen molar-refractivity contribution in [3.63, 3.8) is 0 Å². The van der Waals surface area contributed by atoms with E-state index in [0.29, 0.717) is 11.1 Å². The van der Waals surface area contributed by atoms with Crippen molar-refractivity contribution in [2.24, 2.45) is 0 Å². The molecule has 0 aromatic rings. The first-order valence-electron chi connectivity index (χ1n) is 22.1. The molecule has 0 fully saturated rings. The lowest BCUT2D eigenvalue weighted by atomic mass is 9.85. The summed E-state index contributed by atoms with van der Waals surface area (Å²) >= 11 is 0. The molecule has 0 radical (unpaired) electrons. The van der Waals surface area contributed by atoms with E-state index in [1.165, 1.54) is 231 Å². The van der Waals surface area contributed by atoms with Crippen molar-refractivity contribution in [2.45, 2.75) is 284 Å². The molecule has 0 amide bonds. The second-order valence-electron chi connectivity index (χ2n) is 16.9. The van der Waals surface area contributed by atoms with Crippen LogP contribution in [0.15, 0.2) is 0 Å². The van der Waals surface area contributed by atoms with Crippen LogP contribution in [0.1, 0.15) is 273 Å². The number of unbranched alkanes of at least 4 members (excludes halogenated alkanes) is 30. The van der Waals surface area contributed by atoms with Crippen molar-refractivity contribution in [1.82, 2.24) is 4.90 Å². The fourth-order valence-electron chi connectivity index (χ4n) is 8.07. The van der Waals surface area contributed by atoms with Gasteiger partial charge in [-0.15, -0.1) is 0 Å². The zero-order valence-corrected chi connectivity index (χ0v) is 33.9. The summed E-state index contributed by atoms with van der Waals surface area (Å²) in [5.74, 6) is 0. The van der Waals surface area contributed by atoms with Crippen LogP contribution < -0.4 is 0 Å². The van der Waals surface area contributed by atoms with Gasteiger partial charge in [0, 0.05) is 11.1 Å². The van der Waals surface area contributed by atoms with Crippen LogP contribution >= 0.6 is 0 Å². The molecular formula is C45H93N. The summed E-state index contributed by atoms with van der Waals surface area (Å²) < 4.78 is 0. The lowest BCUT2D eigenvalue weighted by Crippen LogP contribution is -2.55. The minimum absolute atomic E-state index is 0.305. The third kappa shape index (κ3) is 28.9. The molecule has 0 spiro atoms. The molecule has 0 heterocycles. The predicted molar refractivity (Wildman–Crippen MR) is 213 cm³/mol. The van der Waals surface area contributed by atoms with Gasteiger partial charge >= 0.3 is 0 Å². The third-order valence-electron chi connectivity index (χ3n) is 11.2. The van der Waals surface area contributed by atoms with Gasteiger partial charge in [0.25, 0.3) is 0 Å². The Kier molecular flexibility index (Phi) is 33.4. The van der Waals surface area contributed by atoms with Crippen LogP contribution in [0.25, 0.3) is 0 Å². The molecule has 1 heteroatoms. The van der Waals surface area contributed by atoms with E-state index >= 15 is 0 Å². The first-order valence-corrected chi connectivity index (χ1v) is 22.1.